The van der Waals surface area contributed by atoms with E-state index in [1.807, 2.05) is 17.9 Å². The standard InChI is InChI=1S/C11H17IN2O/c1-8-10(7-13-14(8)2)11-5-3-4-9(6-12)15-11/h7,9,11H,3-6H2,1-2H3. The van der Waals surface area contributed by atoms with Gasteiger partial charge in [-0.1, -0.05) is 22.6 Å². The molecule has 1 aromatic heterocycles. The molecule has 2 rings (SSSR count). The highest BCUT2D eigenvalue weighted by atomic mass is 127. The topological polar surface area (TPSA) is 27.1 Å². The Hall–Kier alpha value is -0.100. The summed E-state index contributed by atoms with van der Waals surface area (Å²) in [5.74, 6) is 0. The quantitative estimate of drug-likeness (QED) is 0.619. The van der Waals surface area contributed by atoms with Crippen LogP contribution in [0.1, 0.15) is 36.6 Å². The Balaban J connectivity index is 2.13. The fourth-order valence-electron chi connectivity index (χ4n) is 2.07. The first-order valence-electron chi connectivity index (χ1n) is 5.42. The number of aromatic nitrogens is 2. The van der Waals surface area contributed by atoms with Crippen molar-refractivity contribution >= 4 is 22.6 Å². The largest absolute Gasteiger partial charge is 0.369 e. The molecule has 0 amide bonds. The zero-order valence-corrected chi connectivity index (χ0v) is 11.4. The molecule has 0 N–H and O–H groups in total. The minimum absolute atomic E-state index is 0.271. The molecule has 15 heavy (non-hydrogen) atoms. The molecule has 0 spiro atoms. The van der Waals surface area contributed by atoms with Crippen molar-refractivity contribution in [1.29, 1.82) is 0 Å². The SMILES string of the molecule is Cc1c(C2CCCC(CI)O2)cnn1C. The van der Waals surface area contributed by atoms with Crippen LogP contribution in [0.4, 0.5) is 0 Å². The van der Waals surface area contributed by atoms with Crippen LogP contribution >= 0.6 is 22.6 Å². The first-order valence-corrected chi connectivity index (χ1v) is 6.95. The monoisotopic (exact) mass is 320 g/mol. The van der Waals surface area contributed by atoms with Crippen molar-refractivity contribution in [3.05, 3.63) is 17.5 Å². The van der Waals surface area contributed by atoms with Crippen LogP contribution < -0.4 is 0 Å². The summed E-state index contributed by atoms with van der Waals surface area (Å²) in [5, 5.41) is 4.28. The number of halogens is 1. The average Bonchev–Trinajstić information content (AvgIpc) is 2.60. The fraction of sp³-hybridized carbons (Fsp3) is 0.727. The normalized spacial score (nSPS) is 26.9. The van der Waals surface area contributed by atoms with Gasteiger partial charge in [0.05, 0.1) is 18.4 Å². The summed E-state index contributed by atoms with van der Waals surface area (Å²) < 4.78 is 9.07. The zero-order chi connectivity index (χ0) is 10.8. The predicted octanol–water partition coefficient (Wildman–Crippen LogP) is 2.77. The van der Waals surface area contributed by atoms with Crippen LogP contribution in [0.15, 0.2) is 6.20 Å². The molecule has 3 nitrogen and oxygen atoms in total. The molecular weight excluding hydrogens is 303 g/mol. The van der Waals surface area contributed by atoms with Gasteiger partial charge in [-0.15, -0.1) is 0 Å². The zero-order valence-electron chi connectivity index (χ0n) is 9.24. The Morgan fingerprint density at radius 2 is 2.40 bits per heavy atom. The van der Waals surface area contributed by atoms with Crippen molar-refractivity contribution in [3.63, 3.8) is 0 Å². The first kappa shape index (κ1) is 11.4. The summed E-state index contributed by atoms with van der Waals surface area (Å²) in [6.07, 6.45) is 6.27. The Morgan fingerprint density at radius 1 is 1.60 bits per heavy atom. The molecule has 1 saturated heterocycles. The maximum Gasteiger partial charge on any atom is 0.0862 e. The molecule has 4 heteroatoms. The highest BCUT2D eigenvalue weighted by Gasteiger charge is 2.25. The maximum atomic E-state index is 6.05. The second kappa shape index (κ2) is 4.82. The molecule has 0 aliphatic carbocycles. The molecule has 1 aliphatic rings. The second-order valence-electron chi connectivity index (χ2n) is 4.14. The van der Waals surface area contributed by atoms with Gasteiger partial charge in [0.2, 0.25) is 0 Å². The van der Waals surface area contributed by atoms with Crippen LogP contribution in [0.2, 0.25) is 0 Å². The van der Waals surface area contributed by atoms with E-state index in [9.17, 15) is 0 Å². The lowest BCUT2D eigenvalue weighted by molar-refractivity contribution is -0.0378. The lowest BCUT2D eigenvalue weighted by Crippen LogP contribution is -2.23. The van der Waals surface area contributed by atoms with E-state index in [0.717, 1.165) is 10.8 Å². The summed E-state index contributed by atoms with van der Waals surface area (Å²) in [6.45, 7) is 2.11. The third kappa shape index (κ3) is 2.36. The van der Waals surface area contributed by atoms with Gasteiger partial charge in [-0.05, 0) is 26.2 Å². The Labute approximate surface area is 104 Å². The highest BCUT2D eigenvalue weighted by molar-refractivity contribution is 14.1. The first-order chi connectivity index (χ1) is 7.22. The van der Waals surface area contributed by atoms with E-state index in [0.29, 0.717) is 6.10 Å². The molecule has 0 radical (unpaired) electrons. The minimum Gasteiger partial charge on any atom is -0.369 e. The summed E-state index contributed by atoms with van der Waals surface area (Å²) in [4.78, 5) is 0. The van der Waals surface area contributed by atoms with Crippen LogP contribution in [0, 0.1) is 6.92 Å². The molecule has 1 fully saturated rings. The number of rotatable bonds is 2. The van der Waals surface area contributed by atoms with Gasteiger partial charge in [0.1, 0.15) is 0 Å². The summed E-state index contributed by atoms with van der Waals surface area (Å²) in [6, 6.07) is 0. The molecule has 2 heterocycles. The number of nitrogens with zero attached hydrogens (tertiary/aromatic N) is 2. The van der Waals surface area contributed by atoms with Crippen molar-refractivity contribution < 1.29 is 4.74 Å². The van der Waals surface area contributed by atoms with Gasteiger partial charge in [-0.3, -0.25) is 4.68 Å². The van der Waals surface area contributed by atoms with Crippen LogP contribution in [0.3, 0.4) is 0 Å². The van der Waals surface area contributed by atoms with Gasteiger partial charge < -0.3 is 4.74 Å². The van der Waals surface area contributed by atoms with Crippen LogP contribution in [-0.4, -0.2) is 20.3 Å². The average molecular weight is 320 g/mol. The van der Waals surface area contributed by atoms with Crippen LogP contribution in [-0.2, 0) is 11.8 Å². The third-order valence-corrected chi connectivity index (χ3v) is 4.12. The van der Waals surface area contributed by atoms with Gasteiger partial charge in [-0.2, -0.15) is 5.10 Å². The van der Waals surface area contributed by atoms with E-state index in [1.54, 1.807) is 0 Å². The van der Waals surface area contributed by atoms with Gasteiger partial charge in [0.25, 0.3) is 0 Å². The lowest BCUT2D eigenvalue weighted by atomic mass is 9.99. The maximum absolute atomic E-state index is 6.05. The van der Waals surface area contributed by atoms with Crippen LogP contribution in [0.5, 0.6) is 0 Å². The number of hydrogen-bond acceptors (Lipinski definition) is 2. The third-order valence-electron chi connectivity index (χ3n) is 3.14. The number of aryl methyl sites for hydroxylation is 1. The van der Waals surface area contributed by atoms with E-state index in [-0.39, 0.29) is 6.10 Å². The molecular formula is C11H17IN2O. The molecule has 0 saturated carbocycles. The van der Waals surface area contributed by atoms with E-state index in [4.69, 9.17) is 4.74 Å². The Kier molecular flexibility index (Phi) is 3.66. The van der Waals surface area contributed by atoms with Gasteiger partial charge in [0, 0.05) is 22.7 Å². The van der Waals surface area contributed by atoms with Crippen molar-refractivity contribution in [2.24, 2.45) is 7.05 Å². The van der Waals surface area contributed by atoms with Crippen molar-refractivity contribution in [2.45, 2.75) is 38.4 Å². The summed E-state index contributed by atoms with van der Waals surface area (Å²) in [7, 11) is 1.98. The van der Waals surface area contributed by atoms with Gasteiger partial charge in [0.15, 0.2) is 0 Å². The molecule has 1 aromatic rings. The van der Waals surface area contributed by atoms with E-state index in [2.05, 4.69) is 34.6 Å². The molecule has 2 atom stereocenters. The van der Waals surface area contributed by atoms with Gasteiger partial charge >= 0.3 is 0 Å². The number of ether oxygens (including phenoxy) is 1. The molecule has 1 aliphatic heterocycles. The van der Waals surface area contributed by atoms with E-state index < -0.39 is 0 Å². The molecule has 0 aromatic carbocycles. The highest BCUT2D eigenvalue weighted by Crippen LogP contribution is 2.33. The van der Waals surface area contributed by atoms with E-state index >= 15 is 0 Å². The van der Waals surface area contributed by atoms with Crippen molar-refractivity contribution in [1.82, 2.24) is 9.78 Å². The van der Waals surface area contributed by atoms with Crippen LogP contribution in [0.25, 0.3) is 0 Å². The molecule has 0 bridgehead atoms. The minimum atomic E-state index is 0.271. The van der Waals surface area contributed by atoms with Crippen molar-refractivity contribution in [3.8, 4) is 0 Å². The number of hydrogen-bond donors (Lipinski definition) is 0. The molecule has 84 valence electrons. The Bertz CT molecular complexity index is 337. The Morgan fingerprint density at radius 3 is 3.00 bits per heavy atom. The molecule has 2 unspecified atom stereocenters. The fourth-order valence-corrected chi connectivity index (χ4v) is 2.72. The number of alkyl halides is 1. The summed E-state index contributed by atoms with van der Waals surface area (Å²) in [5.41, 5.74) is 2.50. The van der Waals surface area contributed by atoms with Crippen molar-refractivity contribution in [2.75, 3.05) is 4.43 Å². The smallest absolute Gasteiger partial charge is 0.0862 e. The predicted molar refractivity (Wildman–Crippen MR) is 68.3 cm³/mol. The second-order valence-corrected chi connectivity index (χ2v) is 5.02. The van der Waals surface area contributed by atoms with Gasteiger partial charge in [-0.25, -0.2) is 0 Å². The van der Waals surface area contributed by atoms with E-state index in [1.165, 1.54) is 24.1 Å². The lowest BCUT2D eigenvalue weighted by Gasteiger charge is -2.29. The summed E-state index contributed by atoms with van der Waals surface area (Å²) >= 11 is 2.40.